The zero-order valence-electron chi connectivity index (χ0n) is 21.9. The van der Waals surface area contributed by atoms with Crippen molar-refractivity contribution in [3.63, 3.8) is 0 Å². The Morgan fingerprint density at radius 2 is 1.25 bits per heavy atom. The highest BCUT2D eigenvalue weighted by Crippen LogP contribution is 2.24. The van der Waals surface area contributed by atoms with Crippen LogP contribution in [0.25, 0.3) is 0 Å². The molecule has 0 bridgehead atoms. The van der Waals surface area contributed by atoms with Gasteiger partial charge in [0.05, 0.1) is 17.0 Å². The van der Waals surface area contributed by atoms with E-state index in [1.165, 1.54) is 50.7 Å². The van der Waals surface area contributed by atoms with Crippen molar-refractivity contribution in [3.05, 3.63) is 29.8 Å². The van der Waals surface area contributed by atoms with Gasteiger partial charge in [-0.3, -0.25) is 14.5 Å². The Hall–Kier alpha value is -1.97. The highest BCUT2D eigenvalue weighted by Gasteiger charge is 2.31. The fourth-order valence-corrected chi connectivity index (χ4v) is 5.99. The van der Waals surface area contributed by atoms with Crippen molar-refractivity contribution in [1.82, 2.24) is 15.5 Å². The Balaban J connectivity index is 1.68. The topological polar surface area (TPSA) is 122 Å². The number of primary sulfonamides is 1. The average Bonchev–Trinajstić information content (AvgIpc) is 2.89. The van der Waals surface area contributed by atoms with Crippen molar-refractivity contribution in [2.24, 2.45) is 17.0 Å². The molecule has 202 valence electrons. The average molecular weight is 521 g/mol. The van der Waals surface area contributed by atoms with Crippen LogP contribution in [0.1, 0.15) is 83.6 Å². The number of nitrogens with zero attached hydrogens (tertiary/aromatic N) is 1. The number of benzene rings is 1. The first-order chi connectivity index (χ1) is 17.1. The molecule has 0 spiro atoms. The lowest BCUT2D eigenvalue weighted by molar-refractivity contribution is -0.132. The molecule has 0 aliphatic heterocycles. The fraction of sp³-hybridized carbons (Fsp3) is 0.704. The molecule has 2 amide bonds. The van der Waals surface area contributed by atoms with Crippen LogP contribution in [0.4, 0.5) is 0 Å². The molecule has 1 aromatic carbocycles. The van der Waals surface area contributed by atoms with Crippen LogP contribution in [-0.4, -0.2) is 50.3 Å². The van der Waals surface area contributed by atoms with Gasteiger partial charge in [0.25, 0.3) is 0 Å². The minimum atomic E-state index is -3.79. The van der Waals surface area contributed by atoms with Crippen molar-refractivity contribution < 1.29 is 18.0 Å². The van der Waals surface area contributed by atoms with Crippen molar-refractivity contribution in [3.8, 4) is 0 Å². The van der Waals surface area contributed by atoms with E-state index in [0.717, 1.165) is 31.2 Å². The summed E-state index contributed by atoms with van der Waals surface area (Å²) in [7, 11) is -3.79. The number of amides is 2. The number of carbonyl (C=O) groups is 2. The quantitative estimate of drug-likeness (QED) is 0.413. The summed E-state index contributed by atoms with van der Waals surface area (Å²) >= 11 is 0. The van der Waals surface area contributed by atoms with Crippen LogP contribution in [0, 0.1) is 11.8 Å². The van der Waals surface area contributed by atoms with E-state index in [9.17, 15) is 18.0 Å². The summed E-state index contributed by atoms with van der Waals surface area (Å²) in [5.41, 5.74) is 0.807. The van der Waals surface area contributed by atoms with Gasteiger partial charge in [-0.25, -0.2) is 13.6 Å². The highest BCUT2D eigenvalue weighted by molar-refractivity contribution is 7.89. The summed E-state index contributed by atoms with van der Waals surface area (Å²) in [5.74, 6) is 0.859. The van der Waals surface area contributed by atoms with E-state index in [2.05, 4.69) is 10.6 Å². The Bertz CT molecular complexity index is 914. The molecule has 0 radical (unpaired) electrons. The van der Waals surface area contributed by atoms with Crippen molar-refractivity contribution in [2.45, 2.75) is 102 Å². The van der Waals surface area contributed by atoms with Gasteiger partial charge in [-0.1, -0.05) is 50.7 Å². The zero-order chi connectivity index (χ0) is 26.1. The molecule has 2 aliphatic carbocycles. The second kappa shape index (κ2) is 13.5. The summed E-state index contributed by atoms with van der Waals surface area (Å²) in [4.78, 5) is 28.2. The first-order valence-corrected chi connectivity index (χ1v) is 15.1. The van der Waals surface area contributed by atoms with Gasteiger partial charge in [-0.15, -0.1) is 0 Å². The second-order valence-electron chi connectivity index (χ2n) is 10.7. The Labute approximate surface area is 216 Å². The van der Waals surface area contributed by atoms with Crippen LogP contribution in [0.3, 0.4) is 0 Å². The third-order valence-corrected chi connectivity index (χ3v) is 8.88. The summed E-state index contributed by atoms with van der Waals surface area (Å²) in [6, 6.07) is 5.25. The minimum absolute atomic E-state index is 0.0364. The fourth-order valence-electron chi connectivity index (χ4n) is 5.47. The summed E-state index contributed by atoms with van der Waals surface area (Å²) in [6.45, 7) is 5.34. The van der Waals surface area contributed by atoms with Crippen LogP contribution >= 0.6 is 0 Å². The van der Waals surface area contributed by atoms with E-state index in [4.69, 9.17) is 5.14 Å². The molecule has 4 N–H and O–H groups in total. The van der Waals surface area contributed by atoms with Gasteiger partial charge < -0.3 is 10.6 Å². The Morgan fingerprint density at radius 3 is 1.64 bits per heavy atom. The van der Waals surface area contributed by atoms with Gasteiger partial charge in [0.2, 0.25) is 21.8 Å². The predicted octanol–water partition coefficient (Wildman–Crippen LogP) is 3.31. The van der Waals surface area contributed by atoms with E-state index in [0.29, 0.717) is 31.5 Å². The lowest BCUT2D eigenvalue weighted by Gasteiger charge is -2.34. The van der Waals surface area contributed by atoms with E-state index in [1.54, 1.807) is 12.1 Å². The van der Waals surface area contributed by atoms with Crippen LogP contribution in [0.15, 0.2) is 29.2 Å². The molecule has 0 unspecified atom stereocenters. The number of hydrogen-bond acceptors (Lipinski definition) is 5. The third-order valence-electron chi connectivity index (χ3n) is 7.95. The van der Waals surface area contributed by atoms with Crippen LogP contribution in [0.5, 0.6) is 0 Å². The Morgan fingerprint density at radius 1 is 0.833 bits per heavy atom. The molecule has 1 aromatic rings. The van der Waals surface area contributed by atoms with E-state index < -0.39 is 22.1 Å². The van der Waals surface area contributed by atoms with Crippen molar-refractivity contribution in [2.75, 3.05) is 13.1 Å². The standard InChI is InChI=1S/C27H44N4O4S/c1-20(26(32)29-17-22-9-5-3-6-10-22)31(19-24-13-15-25(16-14-24)36(28,34)35)21(2)27(33)30-18-23-11-7-4-8-12-23/h13-16,20-23H,3-12,17-19H2,1-2H3,(H,29,32)(H,30,33)(H2,28,34,35)/t20-,21-/m1/s1. The lowest BCUT2D eigenvalue weighted by atomic mass is 9.89. The number of nitrogens with two attached hydrogens (primary N) is 1. The molecule has 0 aromatic heterocycles. The normalized spacial score (nSPS) is 19.6. The zero-order valence-corrected chi connectivity index (χ0v) is 22.7. The van der Waals surface area contributed by atoms with Crippen molar-refractivity contribution >= 4 is 21.8 Å². The molecule has 2 saturated carbocycles. The Kier molecular flexibility index (Phi) is 10.8. The summed E-state index contributed by atoms with van der Waals surface area (Å²) in [6.07, 6.45) is 12.0. The molecule has 36 heavy (non-hydrogen) atoms. The summed E-state index contributed by atoms with van der Waals surface area (Å²) < 4.78 is 23.3. The molecule has 0 heterocycles. The maximum absolute atomic E-state index is 13.2. The first-order valence-electron chi connectivity index (χ1n) is 13.6. The van der Waals surface area contributed by atoms with Gasteiger partial charge in [0.1, 0.15) is 0 Å². The second-order valence-corrected chi connectivity index (χ2v) is 12.3. The molecule has 2 fully saturated rings. The minimum Gasteiger partial charge on any atom is -0.354 e. The largest absolute Gasteiger partial charge is 0.354 e. The number of nitrogens with one attached hydrogen (secondary N) is 2. The van der Waals surface area contributed by atoms with E-state index >= 15 is 0 Å². The smallest absolute Gasteiger partial charge is 0.238 e. The van der Waals surface area contributed by atoms with E-state index in [1.807, 2.05) is 18.7 Å². The molecule has 0 saturated heterocycles. The maximum atomic E-state index is 13.2. The van der Waals surface area contributed by atoms with Gasteiger partial charge in [0, 0.05) is 19.6 Å². The van der Waals surface area contributed by atoms with Crippen LogP contribution < -0.4 is 15.8 Å². The highest BCUT2D eigenvalue weighted by atomic mass is 32.2. The molecule has 8 nitrogen and oxygen atoms in total. The number of hydrogen-bond donors (Lipinski definition) is 3. The monoisotopic (exact) mass is 520 g/mol. The summed E-state index contributed by atoms with van der Waals surface area (Å²) in [5, 5.41) is 11.5. The maximum Gasteiger partial charge on any atom is 0.238 e. The molecular weight excluding hydrogens is 476 g/mol. The van der Waals surface area contributed by atoms with Crippen molar-refractivity contribution in [1.29, 1.82) is 0 Å². The molecular formula is C27H44N4O4S. The van der Waals surface area contributed by atoms with E-state index in [-0.39, 0.29) is 16.7 Å². The van der Waals surface area contributed by atoms with Gasteiger partial charge in [0.15, 0.2) is 0 Å². The SMILES string of the molecule is C[C@H](C(=O)NCC1CCCCC1)N(Cc1ccc(S(N)(=O)=O)cc1)[C@H](C)C(=O)NCC1CCCCC1. The molecule has 9 heteroatoms. The van der Waals surface area contributed by atoms with Crippen LogP contribution in [0.2, 0.25) is 0 Å². The number of carbonyl (C=O) groups excluding carboxylic acids is 2. The van der Waals surface area contributed by atoms with Gasteiger partial charge >= 0.3 is 0 Å². The van der Waals surface area contributed by atoms with Gasteiger partial charge in [-0.05, 0) is 69.1 Å². The third kappa shape index (κ3) is 8.56. The molecule has 2 aliphatic rings. The molecule has 2 atom stereocenters. The first kappa shape index (κ1) is 28.6. The predicted molar refractivity (Wildman–Crippen MR) is 141 cm³/mol. The lowest BCUT2D eigenvalue weighted by Crippen LogP contribution is -2.54. The number of rotatable bonds is 11. The van der Waals surface area contributed by atoms with Gasteiger partial charge in [-0.2, -0.15) is 0 Å². The van der Waals surface area contributed by atoms with Crippen LogP contribution in [-0.2, 0) is 26.2 Å². The molecule has 3 rings (SSSR count). The number of sulfonamides is 1.